The predicted molar refractivity (Wildman–Crippen MR) is 83.5 cm³/mol. The summed E-state index contributed by atoms with van der Waals surface area (Å²) in [6.45, 7) is 5.33. The topological polar surface area (TPSA) is 44.1 Å². The summed E-state index contributed by atoms with van der Waals surface area (Å²) < 4.78 is 19.5. The number of nitrogens with zero attached hydrogens (tertiary/aromatic N) is 2. The molecule has 0 saturated heterocycles. The summed E-state index contributed by atoms with van der Waals surface area (Å²) in [5.41, 5.74) is 1.91. The average molecular weight is 323 g/mol. The van der Waals surface area contributed by atoms with E-state index in [0.29, 0.717) is 22.1 Å². The van der Waals surface area contributed by atoms with E-state index in [1.54, 1.807) is 39.0 Å². The molecule has 0 aliphatic heterocycles. The van der Waals surface area contributed by atoms with Crippen LogP contribution in [0.1, 0.15) is 25.1 Å². The molecule has 1 heterocycles. The first kappa shape index (κ1) is 16.2. The van der Waals surface area contributed by atoms with Crippen LogP contribution in [0.15, 0.2) is 30.3 Å². The highest BCUT2D eigenvalue weighted by atomic mass is 35.5. The molecule has 0 unspecified atom stereocenters. The minimum absolute atomic E-state index is 0.185. The Morgan fingerprint density at radius 2 is 2.00 bits per heavy atom. The van der Waals surface area contributed by atoms with Gasteiger partial charge >= 0.3 is 5.97 Å². The molecule has 0 bridgehead atoms. The van der Waals surface area contributed by atoms with Crippen molar-refractivity contribution >= 4 is 23.6 Å². The summed E-state index contributed by atoms with van der Waals surface area (Å²) in [6.07, 6.45) is 2.69. The number of aromatic nitrogens is 2. The fraction of sp³-hybridized carbons (Fsp3) is 0.250. The maximum absolute atomic E-state index is 13.0. The zero-order valence-electron chi connectivity index (χ0n) is 12.5. The Bertz CT molecular complexity index is 706. The molecule has 0 fully saturated rings. The van der Waals surface area contributed by atoms with Gasteiger partial charge in [-0.3, -0.25) is 0 Å². The van der Waals surface area contributed by atoms with Crippen LogP contribution in [0.25, 0.3) is 11.8 Å². The van der Waals surface area contributed by atoms with Crippen LogP contribution in [0.4, 0.5) is 4.39 Å². The fourth-order valence-corrected chi connectivity index (χ4v) is 2.21. The third kappa shape index (κ3) is 3.74. The first-order valence-corrected chi connectivity index (χ1v) is 7.16. The van der Waals surface area contributed by atoms with Crippen molar-refractivity contribution in [3.63, 3.8) is 0 Å². The largest absolute Gasteiger partial charge is 0.460 e. The Balaban J connectivity index is 2.29. The molecule has 2 aromatic rings. The molecule has 1 aromatic heterocycles. The maximum Gasteiger partial charge on any atom is 0.331 e. The van der Waals surface area contributed by atoms with Crippen molar-refractivity contribution in [2.24, 2.45) is 0 Å². The zero-order chi connectivity index (χ0) is 16.3. The van der Waals surface area contributed by atoms with Crippen molar-refractivity contribution in [1.29, 1.82) is 0 Å². The molecular weight excluding hydrogens is 307 g/mol. The lowest BCUT2D eigenvalue weighted by molar-refractivity contribution is -0.141. The van der Waals surface area contributed by atoms with Gasteiger partial charge in [0.05, 0.1) is 17.5 Å². The summed E-state index contributed by atoms with van der Waals surface area (Å²) >= 11 is 6.30. The van der Waals surface area contributed by atoms with Crippen molar-refractivity contribution in [3.8, 4) is 5.69 Å². The summed E-state index contributed by atoms with van der Waals surface area (Å²) in [7, 11) is 0. The highest BCUT2D eigenvalue weighted by molar-refractivity contribution is 6.31. The van der Waals surface area contributed by atoms with Gasteiger partial charge in [-0.1, -0.05) is 11.6 Å². The van der Waals surface area contributed by atoms with E-state index in [4.69, 9.17) is 16.3 Å². The Hall–Kier alpha value is -2.14. The van der Waals surface area contributed by atoms with Crippen LogP contribution in [0, 0.1) is 12.7 Å². The molecule has 1 aromatic carbocycles. The van der Waals surface area contributed by atoms with Gasteiger partial charge in [-0.2, -0.15) is 5.10 Å². The number of carbonyl (C=O) groups excluding carboxylic acids is 1. The number of aryl methyl sites for hydroxylation is 1. The second-order valence-electron chi connectivity index (χ2n) is 5.00. The summed E-state index contributed by atoms with van der Waals surface area (Å²) in [4.78, 5) is 11.5. The molecule has 0 amide bonds. The van der Waals surface area contributed by atoms with Crippen LogP contribution < -0.4 is 0 Å². The Kier molecular flexibility index (Phi) is 4.98. The lowest BCUT2D eigenvalue weighted by atomic mass is 10.2. The van der Waals surface area contributed by atoms with Crippen molar-refractivity contribution < 1.29 is 13.9 Å². The maximum atomic E-state index is 13.0. The quantitative estimate of drug-likeness (QED) is 0.632. The molecule has 0 saturated carbocycles. The smallest absolute Gasteiger partial charge is 0.331 e. The van der Waals surface area contributed by atoms with E-state index in [9.17, 15) is 9.18 Å². The van der Waals surface area contributed by atoms with Gasteiger partial charge in [-0.25, -0.2) is 13.9 Å². The molecule has 116 valence electrons. The van der Waals surface area contributed by atoms with Crippen molar-refractivity contribution in [1.82, 2.24) is 9.78 Å². The summed E-state index contributed by atoms with van der Waals surface area (Å²) in [6, 6.07) is 5.82. The molecule has 2 rings (SSSR count). The normalized spacial score (nSPS) is 11.4. The molecule has 0 aliphatic rings. The lowest BCUT2D eigenvalue weighted by Crippen LogP contribution is -2.08. The van der Waals surface area contributed by atoms with Crippen LogP contribution >= 0.6 is 11.6 Å². The van der Waals surface area contributed by atoms with Gasteiger partial charge in [0.2, 0.25) is 0 Å². The Morgan fingerprint density at radius 3 is 2.59 bits per heavy atom. The number of hydrogen-bond acceptors (Lipinski definition) is 3. The fourth-order valence-electron chi connectivity index (χ4n) is 1.88. The molecule has 4 nitrogen and oxygen atoms in total. The highest BCUT2D eigenvalue weighted by Crippen LogP contribution is 2.24. The first-order chi connectivity index (χ1) is 10.4. The minimum Gasteiger partial charge on any atom is -0.460 e. The SMILES string of the molecule is Cc1nn(-c2ccc(F)cc2)c(Cl)c1/C=C/C(=O)OC(C)C. The molecule has 0 atom stereocenters. The molecule has 6 heteroatoms. The number of halogens is 2. The zero-order valence-corrected chi connectivity index (χ0v) is 13.3. The number of carbonyl (C=O) groups is 1. The third-order valence-electron chi connectivity index (χ3n) is 2.86. The van der Waals surface area contributed by atoms with Gasteiger partial charge in [0.25, 0.3) is 0 Å². The number of benzene rings is 1. The Morgan fingerprint density at radius 1 is 1.36 bits per heavy atom. The van der Waals surface area contributed by atoms with E-state index < -0.39 is 5.97 Å². The van der Waals surface area contributed by atoms with E-state index in [1.807, 2.05) is 0 Å². The van der Waals surface area contributed by atoms with Crippen LogP contribution in [0.5, 0.6) is 0 Å². The average Bonchev–Trinajstić information content (AvgIpc) is 2.72. The second kappa shape index (κ2) is 6.75. The predicted octanol–water partition coefficient (Wildman–Crippen LogP) is 3.94. The molecule has 0 spiro atoms. The van der Waals surface area contributed by atoms with E-state index in [-0.39, 0.29) is 11.9 Å². The highest BCUT2D eigenvalue weighted by Gasteiger charge is 2.13. The van der Waals surface area contributed by atoms with Gasteiger partial charge < -0.3 is 4.74 Å². The van der Waals surface area contributed by atoms with Gasteiger partial charge in [0.15, 0.2) is 0 Å². The molecule has 0 aliphatic carbocycles. The standard InChI is InChI=1S/C16H16ClFN2O2/c1-10(2)22-15(21)9-8-14-11(3)19-20(16(14)17)13-6-4-12(18)5-7-13/h4-10H,1-3H3/b9-8+. The molecule has 0 N–H and O–H groups in total. The lowest BCUT2D eigenvalue weighted by Gasteiger charge is -2.04. The second-order valence-corrected chi connectivity index (χ2v) is 5.36. The van der Waals surface area contributed by atoms with Crippen LogP contribution in [-0.2, 0) is 9.53 Å². The number of hydrogen-bond donors (Lipinski definition) is 0. The molecule has 22 heavy (non-hydrogen) atoms. The van der Waals surface area contributed by atoms with Gasteiger partial charge in [-0.15, -0.1) is 0 Å². The first-order valence-electron chi connectivity index (χ1n) is 6.78. The van der Waals surface area contributed by atoms with Crippen molar-refractivity contribution in [2.75, 3.05) is 0 Å². The van der Waals surface area contributed by atoms with E-state index in [2.05, 4.69) is 5.10 Å². The van der Waals surface area contributed by atoms with E-state index in [0.717, 1.165) is 0 Å². The van der Waals surface area contributed by atoms with Gasteiger partial charge in [0, 0.05) is 11.6 Å². The summed E-state index contributed by atoms with van der Waals surface area (Å²) in [5, 5.41) is 4.65. The number of ether oxygens (including phenoxy) is 1. The van der Waals surface area contributed by atoms with Gasteiger partial charge in [0.1, 0.15) is 11.0 Å². The van der Waals surface area contributed by atoms with Crippen LogP contribution in [0.3, 0.4) is 0 Å². The molecule has 0 radical (unpaired) electrons. The third-order valence-corrected chi connectivity index (χ3v) is 3.22. The summed E-state index contributed by atoms with van der Waals surface area (Å²) in [5.74, 6) is -0.778. The molecular formula is C16H16ClFN2O2. The van der Waals surface area contributed by atoms with E-state index in [1.165, 1.54) is 22.9 Å². The number of esters is 1. The van der Waals surface area contributed by atoms with Gasteiger partial charge in [-0.05, 0) is 51.1 Å². The minimum atomic E-state index is -0.444. The van der Waals surface area contributed by atoms with Crippen LogP contribution in [0.2, 0.25) is 5.15 Å². The monoisotopic (exact) mass is 322 g/mol. The Labute approximate surface area is 133 Å². The van der Waals surface area contributed by atoms with Crippen LogP contribution in [-0.4, -0.2) is 21.9 Å². The number of rotatable bonds is 4. The van der Waals surface area contributed by atoms with Crippen molar-refractivity contribution in [2.45, 2.75) is 26.9 Å². The van der Waals surface area contributed by atoms with E-state index >= 15 is 0 Å². The van der Waals surface area contributed by atoms with Crippen molar-refractivity contribution in [3.05, 3.63) is 52.6 Å².